The molecule has 1 aromatic carbocycles. The van der Waals surface area contributed by atoms with Crippen LogP contribution in [0.5, 0.6) is 0 Å². The Balaban J connectivity index is 1.72. The SMILES string of the molecule is Cc1nc(Cn2cc(C(=O)NC(C)(C)c3ccccc3Br)nn2)no1. The van der Waals surface area contributed by atoms with Crippen molar-refractivity contribution in [3.63, 3.8) is 0 Å². The monoisotopic (exact) mass is 404 g/mol. The summed E-state index contributed by atoms with van der Waals surface area (Å²) in [5.41, 5.74) is 0.615. The Morgan fingerprint density at radius 2 is 2.12 bits per heavy atom. The van der Waals surface area contributed by atoms with Crippen LogP contribution in [-0.2, 0) is 12.1 Å². The fourth-order valence-electron chi connectivity index (χ4n) is 2.41. The maximum Gasteiger partial charge on any atom is 0.274 e. The van der Waals surface area contributed by atoms with Crippen molar-refractivity contribution in [2.24, 2.45) is 0 Å². The molecule has 9 heteroatoms. The van der Waals surface area contributed by atoms with E-state index in [-0.39, 0.29) is 18.1 Å². The van der Waals surface area contributed by atoms with Gasteiger partial charge in [-0.25, -0.2) is 4.68 Å². The summed E-state index contributed by atoms with van der Waals surface area (Å²) < 4.78 is 7.33. The molecule has 0 bridgehead atoms. The van der Waals surface area contributed by atoms with E-state index in [1.165, 1.54) is 4.68 Å². The molecule has 1 N–H and O–H groups in total. The molecule has 3 aromatic rings. The third-order valence-corrected chi connectivity index (χ3v) is 4.31. The second-order valence-electron chi connectivity index (χ2n) is 6.09. The summed E-state index contributed by atoms with van der Waals surface area (Å²) in [4.78, 5) is 16.6. The molecule has 0 aliphatic rings. The van der Waals surface area contributed by atoms with Gasteiger partial charge < -0.3 is 9.84 Å². The molecular weight excluding hydrogens is 388 g/mol. The Hall–Kier alpha value is -2.55. The minimum atomic E-state index is -0.578. The lowest BCUT2D eigenvalue weighted by Crippen LogP contribution is -2.41. The summed E-state index contributed by atoms with van der Waals surface area (Å²) in [7, 11) is 0. The molecule has 0 saturated heterocycles. The van der Waals surface area contributed by atoms with Crippen LogP contribution in [0.1, 0.15) is 41.6 Å². The predicted molar refractivity (Wildman–Crippen MR) is 92.8 cm³/mol. The van der Waals surface area contributed by atoms with Gasteiger partial charge in [0.05, 0.1) is 11.7 Å². The van der Waals surface area contributed by atoms with E-state index in [0.29, 0.717) is 11.7 Å². The third-order valence-electron chi connectivity index (χ3n) is 3.62. The largest absolute Gasteiger partial charge is 0.342 e. The van der Waals surface area contributed by atoms with Gasteiger partial charge >= 0.3 is 0 Å². The molecule has 2 heterocycles. The van der Waals surface area contributed by atoms with Crippen LogP contribution in [0.3, 0.4) is 0 Å². The van der Waals surface area contributed by atoms with Crippen molar-refractivity contribution in [1.29, 1.82) is 0 Å². The van der Waals surface area contributed by atoms with Crippen molar-refractivity contribution in [1.82, 2.24) is 30.5 Å². The van der Waals surface area contributed by atoms with Gasteiger partial charge in [0.1, 0.15) is 6.54 Å². The molecule has 0 unspecified atom stereocenters. The van der Waals surface area contributed by atoms with E-state index in [1.807, 2.05) is 38.1 Å². The van der Waals surface area contributed by atoms with Crippen molar-refractivity contribution >= 4 is 21.8 Å². The Kier molecular flexibility index (Phi) is 4.67. The van der Waals surface area contributed by atoms with Gasteiger partial charge in [0.2, 0.25) is 5.89 Å². The molecule has 0 aliphatic carbocycles. The molecule has 0 saturated carbocycles. The molecule has 0 atom stereocenters. The highest BCUT2D eigenvalue weighted by molar-refractivity contribution is 9.10. The van der Waals surface area contributed by atoms with Crippen LogP contribution < -0.4 is 5.32 Å². The number of halogens is 1. The minimum Gasteiger partial charge on any atom is -0.342 e. The van der Waals surface area contributed by atoms with Crippen LogP contribution in [-0.4, -0.2) is 31.0 Å². The molecule has 3 rings (SSSR count). The average Bonchev–Trinajstić information content (AvgIpc) is 3.17. The third kappa shape index (κ3) is 3.93. The first-order chi connectivity index (χ1) is 11.8. The maximum absolute atomic E-state index is 12.5. The predicted octanol–water partition coefficient (Wildman–Crippen LogP) is 2.45. The molecular formula is C16H17BrN6O2. The van der Waals surface area contributed by atoms with E-state index < -0.39 is 5.54 Å². The van der Waals surface area contributed by atoms with Crippen LogP contribution in [0.15, 0.2) is 39.5 Å². The number of carbonyl (C=O) groups is 1. The molecule has 2 aromatic heterocycles. The first-order valence-electron chi connectivity index (χ1n) is 7.62. The zero-order chi connectivity index (χ0) is 18.0. The fourth-order valence-corrected chi connectivity index (χ4v) is 3.19. The quantitative estimate of drug-likeness (QED) is 0.700. The minimum absolute atomic E-state index is 0.223. The average molecular weight is 405 g/mol. The van der Waals surface area contributed by atoms with Gasteiger partial charge in [-0.15, -0.1) is 5.10 Å². The Bertz CT molecular complexity index is 901. The smallest absolute Gasteiger partial charge is 0.274 e. The summed E-state index contributed by atoms with van der Waals surface area (Å²) in [6.07, 6.45) is 1.55. The molecule has 0 fully saturated rings. The summed E-state index contributed by atoms with van der Waals surface area (Å²) in [6.45, 7) is 5.85. The van der Waals surface area contributed by atoms with Gasteiger partial charge in [0.25, 0.3) is 5.91 Å². The number of nitrogens with zero attached hydrogens (tertiary/aromatic N) is 5. The van der Waals surface area contributed by atoms with Crippen LogP contribution in [0.4, 0.5) is 0 Å². The number of aryl methyl sites for hydroxylation is 1. The molecule has 1 amide bonds. The number of amides is 1. The van der Waals surface area contributed by atoms with Gasteiger partial charge in [-0.3, -0.25) is 4.79 Å². The van der Waals surface area contributed by atoms with Gasteiger partial charge in [-0.05, 0) is 25.5 Å². The van der Waals surface area contributed by atoms with Gasteiger partial charge in [-0.2, -0.15) is 4.98 Å². The van der Waals surface area contributed by atoms with Crippen molar-refractivity contribution in [3.8, 4) is 0 Å². The zero-order valence-electron chi connectivity index (χ0n) is 14.0. The number of benzene rings is 1. The lowest BCUT2D eigenvalue weighted by Gasteiger charge is -2.27. The molecule has 0 radical (unpaired) electrons. The van der Waals surface area contributed by atoms with Crippen molar-refractivity contribution in [3.05, 3.63) is 57.9 Å². The van der Waals surface area contributed by atoms with Crippen molar-refractivity contribution < 1.29 is 9.32 Å². The van der Waals surface area contributed by atoms with Crippen molar-refractivity contribution in [2.75, 3.05) is 0 Å². The molecule has 0 spiro atoms. The lowest BCUT2D eigenvalue weighted by atomic mass is 9.94. The molecule has 8 nitrogen and oxygen atoms in total. The fraction of sp³-hybridized carbons (Fsp3) is 0.312. The summed E-state index contributed by atoms with van der Waals surface area (Å²) >= 11 is 3.52. The highest BCUT2D eigenvalue weighted by Gasteiger charge is 2.26. The first kappa shape index (κ1) is 17.3. The Labute approximate surface area is 152 Å². The van der Waals surface area contributed by atoms with Crippen LogP contribution in [0, 0.1) is 6.92 Å². The number of rotatable bonds is 5. The van der Waals surface area contributed by atoms with Gasteiger partial charge in [-0.1, -0.05) is 44.5 Å². The zero-order valence-corrected chi connectivity index (χ0v) is 15.6. The van der Waals surface area contributed by atoms with E-state index in [0.717, 1.165) is 10.0 Å². The second kappa shape index (κ2) is 6.75. The van der Waals surface area contributed by atoms with Gasteiger partial charge in [0.15, 0.2) is 11.5 Å². The van der Waals surface area contributed by atoms with Crippen LogP contribution >= 0.6 is 15.9 Å². The van der Waals surface area contributed by atoms with Crippen LogP contribution in [0.25, 0.3) is 0 Å². The molecule has 25 heavy (non-hydrogen) atoms. The molecule has 0 aliphatic heterocycles. The van der Waals surface area contributed by atoms with E-state index in [1.54, 1.807) is 13.1 Å². The number of aromatic nitrogens is 5. The first-order valence-corrected chi connectivity index (χ1v) is 8.41. The van der Waals surface area contributed by atoms with Crippen LogP contribution in [0.2, 0.25) is 0 Å². The maximum atomic E-state index is 12.5. The molecule has 130 valence electrons. The summed E-state index contributed by atoms with van der Waals surface area (Å²) in [5, 5.41) is 14.6. The second-order valence-corrected chi connectivity index (χ2v) is 6.94. The standard InChI is InChI=1S/C16H17BrN6O2/c1-10-18-14(21-25-10)9-23-8-13(20-22-23)15(24)19-16(2,3)11-6-4-5-7-12(11)17/h4-8H,9H2,1-3H3,(H,19,24). The van der Waals surface area contributed by atoms with Gasteiger partial charge in [0, 0.05) is 11.4 Å². The Morgan fingerprint density at radius 3 is 2.80 bits per heavy atom. The highest BCUT2D eigenvalue weighted by Crippen LogP contribution is 2.27. The van der Waals surface area contributed by atoms with E-state index >= 15 is 0 Å². The van der Waals surface area contributed by atoms with E-state index in [4.69, 9.17) is 4.52 Å². The number of hydrogen-bond donors (Lipinski definition) is 1. The lowest BCUT2D eigenvalue weighted by molar-refractivity contribution is 0.0906. The topological polar surface area (TPSA) is 98.7 Å². The van der Waals surface area contributed by atoms with E-state index in [2.05, 4.69) is 41.7 Å². The number of hydrogen-bond acceptors (Lipinski definition) is 6. The highest BCUT2D eigenvalue weighted by atomic mass is 79.9. The number of nitrogens with one attached hydrogen (secondary N) is 1. The summed E-state index contributed by atoms with van der Waals surface area (Å²) in [5.74, 6) is 0.641. The summed E-state index contributed by atoms with van der Waals surface area (Å²) in [6, 6.07) is 7.75. The number of carbonyl (C=O) groups excluding carboxylic acids is 1. The van der Waals surface area contributed by atoms with Crippen molar-refractivity contribution in [2.45, 2.75) is 32.9 Å². The van der Waals surface area contributed by atoms with E-state index in [9.17, 15) is 4.79 Å². The normalized spacial score (nSPS) is 11.5. The Morgan fingerprint density at radius 1 is 1.36 bits per heavy atom.